The smallest absolute Gasteiger partial charge is 0.0593 e. The highest BCUT2D eigenvalue weighted by atomic mass is 79.9. The lowest BCUT2D eigenvalue weighted by atomic mass is 10.0. The molecule has 0 heterocycles. The van der Waals surface area contributed by atoms with E-state index < -0.39 is 0 Å². The molecular formula is C11H13Br. The number of hydrogen-bond acceptors (Lipinski definition) is 0. The molecule has 0 nitrogen and oxygen atoms in total. The van der Waals surface area contributed by atoms with E-state index in [2.05, 4.69) is 53.7 Å². The Labute approximate surface area is 82.5 Å². The molecule has 0 radical (unpaired) electrons. The minimum Gasteiger partial charge on any atom is -0.105 e. The van der Waals surface area contributed by atoms with E-state index in [9.17, 15) is 0 Å². The number of allylic oxidation sites excluding steroid dienone is 5. The molecule has 0 saturated carbocycles. The Morgan fingerprint density at radius 3 is 2.42 bits per heavy atom. The molecule has 0 amide bonds. The van der Waals surface area contributed by atoms with Crippen LogP contribution in [0.25, 0.3) is 0 Å². The van der Waals surface area contributed by atoms with Crippen molar-refractivity contribution < 1.29 is 0 Å². The van der Waals surface area contributed by atoms with Gasteiger partial charge in [0.15, 0.2) is 0 Å². The summed E-state index contributed by atoms with van der Waals surface area (Å²) in [5.74, 6) is 0. The lowest BCUT2D eigenvalue weighted by Crippen LogP contribution is -1.82. The van der Waals surface area contributed by atoms with Crippen LogP contribution < -0.4 is 0 Å². The van der Waals surface area contributed by atoms with Crippen molar-refractivity contribution in [3.8, 4) is 0 Å². The Balaban J connectivity index is 3.06. The molecule has 0 spiro atoms. The van der Waals surface area contributed by atoms with Crippen molar-refractivity contribution in [2.75, 3.05) is 0 Å². The summed E-state index contributed by atoms with van der Waals surface area (Å²) in [5.41, 5.74) is 5.98. The first kappa shape index (κ1) is 9.57. The molecule has 1 rings (SSSR count). The lowest BCUT2D eigenvalue weighted by molar-refractivity contribution is 1.05. The maximum atomic E-state index is 3.41. The zero-order chi connectivity index (χ0) is 8.97. The molecule has 0 aromatic rings. The minimum atomic E-state index is 1.02. The first-order valence-electron chi connectivity index (χ1n) is 4.30. The van der Waals surface area contributed by atoms with Gasteiger partial charge in [0.25, 0.3) is 0 Å². The largest absolute Gasteiger partial charge is 0.105 e. The first-order chi connectivity index (χ1) is 5.77. The van der Waals surface area contributed by atoms with Crippen molar-refractivity contribution in [2.24, 2.45) is 0 Å². The average molecular weight is 225 g/mol. The predicted molar refractivity (Wildman–Crippen MR) is 57.3 cm³/mol. The summed E-state index contributed by atoms with van der Waals surface area (Å²) >= 11 is 3.41. The van der Waals surface area contributed by atoms with Crippen LogP contribution in [-0.2, 0) is 0 Å². The van der Waals surface area contributed by atoms with Crippen LogP contribution in [0.4, 0.5) is 0 Å². The van der Waals surface area contributed by atoms with Gasteiger partial charge in [-0.1, -0.05) is 19.9 Å². The first-order valence-corrected chi connectivity index (χ1v) is 5.09. The van der Waals surface area contributed by atoms with E-state index in [-0.39, 0.29) is 0 Å². The van der Waals surface area contributed by atoms with Crippen LogP contribution in [0.1, 0.15) is 26.7 Å². The third kappa shape index (κ3) is 2.23. The molecule has 0 saturated heterocycles. The van der Waals surface area contributed by atoms with Crippen molar-refractivity contribution >= 4 is 15.9 Å². The van der Waals surface area contributed by atoms with E-state index in [0.717, 1.165) is 17.3 Å². The molecule has 0 unspecified atom stereocenters. The van der Waals surface area contributed by atoms with Gasteiger partial charge in [-0.25, -0.2) is 0 Å². The summed E-state index contributed by atoms with van der Waals surface area (Å²) in [6.45, 7) is 4.36. The third-order valence-corrected chi connectivity index (χ3v) is 2.48. The highest BCUT2D eigenvalue weighted by molar-refractivity contribution is 9.11. The Morgan fingerprint density at radius 2 is 1.83 bits per heavy atom. The topological polar surface area (TPSA) is 0 Å². The van der Waals surface area contributed by atoms with Gasteiger partial charge in [-0.15, -0.1) is 5.73 Å². The normalized spacial score (nSPS) is 16.4. The third-order valence-electron chi connectivity index (χ3n) is 1.99. The number of hydrogen-bond donors (Lipinski definition) is 0. The van der Waals surface area contributed by atoms with Crippen LogP contribution in [0.2, 0.25) is 0 Å². The second kappa shape index (κ2) is 4.49. The van der Waals surface area contributed by atoms with E-state index in [1.54, 1.807) is 0 Å². The fraction of sp³-hybridized carbons (Fsp3) is 0.364. The molecule has 12 heavy (non-hydrogen) atoms. The summed E-state index contributed by atoms with van der Waals surface area (Å²) in [6, 6.07) is 0. The maximum Gasteiger partial charge on any atom is 0.0593 e. The number of halogens is 1. The molecule has 0 atom stereocenters. The Hall–Kier alpha value is -0.520. The summed E-state index contributed by atoms with van der Waals surface area (Å²) in [7, 11) is 0. The summed E-state index contributed by atoms with van der Waals surface area (Å²) in [6.07, 6.45) is 8.47. The zero-order valence-electron chi connectivity index (χ0n) is 7.52. The van der Waals surface area contributed by atoms with Gasteiger partial charge in [-0.3, -0.25) is 0 Å². The number of rotatable bonds is 2. The Morgan fingerprint density at radius 1 is 1.17 bits per heavy atom. The van der Waals surface area contributed by atoms with Crippen molar-refractivity contribution in [1.29, 1.82) is 0 Å². The van der Waals surface area contributed by atoms with Gasteiger partial charge in [0.05, 0.1) is 4.48 Å². The van der Waals surface area contributed by atoms with E-state index in [4.69, 9.17) is 0 Å². The molecule has 1 aliphatic carbocycles. The maximum absolute atomic E-state index is 3.41. The van der Waals surface area contributed by atoms with Gasteiger partial charge in [0, 0.05) is 0 Å². The van der Waals surface area contributed by atoms with Gasteiger partial charge >= 0.3 is 0 Å². The van der Waals surface area contributed by atoms with E-state index >= 15 is 0 Å². The summed E-state index contributed by atoms with van der Waals surface area (Å²) in [4.78, 5) is 0. The SMILES string of the molecule is CCC1=C(CC)C=CC(Br)=C=C1. The van der Waals surface area contributed by atoms with Crippen LogP contribution >= 0.6 is 15.9 Å². The predicted octanol–water partition coefficient (Wildman–Crippen LogP) is 4.11. The van der Waals surface area contributed by atoms with Gasteiger partial charge in [0.1, 0.15) is 0 Å². The molecule has 64 valence electrons. The fourth-order valence-electron chi connectivity index (χ4n) is 1.25. The van der Waals surface area contributed by atoms with Gasteiger partial charge < -0.3 is 0 Å². The monoisotopic (exact) mass is 224 g/mol. The second-order valence-corrected chi connectivity index (χ2v) is 3.58. The van der Waals surface area contributed by atoms with Gasteiger partial charge in [0.2, 0.25) is 0 Å². The van der Waals surface area contributed by atoms with E-state index in [1.165, 1.54) is 11.1 Å². The summed E-state index contributed by atoms with van der Waals surface area (Å²) < 4.78 is 1.02. The molecule has 1 aliphatic rings. The molecule has 1 heteroatoms. The highest BCUT2D eigenvalue weighted by Gasteiger charge is 1.99. The van der Waals surface area contributed by atoms with Gasteiger partial charge in [-0.05, 0) is 52.1 Å². The molecule has 0 bridgehead atoms. The minimum absolute atomic E-state index is 1.02. The lowest BCUT2D eigenvalue weighted by Gasteiger charge is -2.01. The average Bonchev–Trinajstić information content (AvgIpc) is 2.27. The quantitative estimate of drug-likeness (QED) is 0.620. The van der Waals surface area contributed by atoms with Crippen LogP contribution in [-0.4, -0.2) is 0 Å². The van der Waals surface area contributed by atoms with E-state index in [0.29, 0.717) is 0 Å². The van der Waals surface area contributed by atoms with Crippen LogP contribution in [0.5, 0.6) is 0 Å². The van der Waals surface area contributed by atoms with E-state index in [1.807, 2.05) is 0 Å². The van der Waals surface area contributed by atoms with Crippen LogP contribution in [0, 0.1) is 0 Å². The highest BCUT2D eigenvalue weighted by Crippen LogP contribution is 2.20. The molecule has 0 aromatic carbocycles. The molecule has 0 N–H and O–H groups in total. The molecular weight excluding hydrogens is 212 g/mol. The fourth-order valence-corrected chi connectivity index (χ4v) is 1.50. The Kier molecular flexibility index (Phi) is 3.58. The Bertz CT molecular complexity index is 286. The van der Waals surface area contributed by atoms with Crippen molar-refractivity contribution in [3.05, 3.63) is 39.6 Å². The van der Waals surface area contributed by atoms with Crippen LogP contribution in [0.15, 0.2) is 39.6 Å². The van der Waals surface area contributed by atoms with Crippen LogP contribution in [0.3, 0.4) is 0 Å². The van der Waals surface area contributed by atoms with Crippen molar-refractivity contribution in [2.45, 2.75) is 26.7 Å². The molecule has 0 fully saturated rings. The van der Waals surface area contributed by atoms with Crippen molar-refractivity contribution in [3.63, 3.8) is 0 Å². The second-order valence-electron chi connectivity index (χ2n) is 2.73. The van der Waals surface area contributed by atoms with Gasteiger partial charge in [-0.2, -0.15) is 0 Å². The van der Waals surface area contributed by atoms with Crippen molar-refractivity contribution in [1.82, 2.24) is 0 Å². The summed E-state index contributed by atoms with van der Waals surface area (Å²) in [5, 5.41) is 0. The standard InChI is InChI=1S/C11H13Br/c1-3-9-5-7-11(12)8-6-10(9)4-2/h5-7H,3-4H2,1-2H3. The zero-order valence-corrected chi connectivity index (χ0v) is 9.11. The molecule has 0 aromatic heterocycles. The molecule has 0 aliphatic heterocycles.